The van der Waals surface area contributed by atoms with Crippen LogP contribution in [-0.2, 0) is 11.3 Å². The summed E-state index contributed by atoms with van der Waals surface area (Å²) >= 11 is 0. The molecule has 0 aliphatic heterocycles. The van der Waals surface area contributed by atoms with Crippen LogP contribution in [0.2, 0.25) is 0 Å². The highest BCUT2D eigenvalue weighted by atomic mass is 19.1. The van der Waals surface area contributed by atoms with Gasteiger partial charge in [-0.3, -0.25) is 9.48 Å². The van der Waals surface area contributed by atoms with Crippen molar-refractivity contribution in [1.82, 2.24) is 24.9 Å². The van der Waals surface area contributed by atoms with Gasteiger partial charge < -0.3 is 5.32 Å². The SMILES string of the molecule is Cc1cnn(CC(=O)N[C@@H](C)c2cnn(-c3ccc(F)cc3)c2)c1. The van der Waals surface area contributed by atoms with E-state index in [1.165, 1.54) is 12.1 Å². The third kappa shape index (κ3) is 3.68. The van der Waals surface area contributed by atoms with Crippen molar-refractivity contribution < 1.29 is 9.18 Å². The van der Waals surface area contributed by atoms with Crippen LogP contribution >= 0.6 is 0 Å². The average molecular weight is 327 g/mol. The first-order valence-corrected chi connectivity index (χ1v) is 7.60. The molecule has 3 aromatic rings. The second-order valence-corrected chi connectivity index (χ2v) is 5.70. The summed E-state index contributed by atoms with van der Waals surface area (Å²) in [5.41, 5.74) is 2.63. The smallest absolute Gasteiger partial charge is 0.242 e. The molecular formula is C17H18FN5O. The van der Waals surface area contributed by atoms with Crippen LogP contribution in [0.5, 0.6) is 0 Å². The normalized spacial score (nSPS) is 12.1. The Bertz CT molecular complexity index is 837. The molecule has 124 valence electrons. The lowest BCUT2D eigenvalue weighted by Crippen LogP contribution is -2.30. The number of carbonyl (C=O) groups excluding carboxylic acids is 1. The van der Waals surface area contributed by atoms with E-state index in [1.54, 1.807) is 33.9 Å². The van der Waals surface area contributed by atoms with Crippen LogP contribution in [0, 0.1) is 12.7 Å². The number of carbonyl (C=O) groups is 1. The van der Waals surface area contributed by atoms with E-state index in [0.29, 0.717) is 0 Å². The van der Waals surface area contributed by atoms with Gasteiger partial charge >= 0.3 is 0 Å². The Labute approximate surface area is 138 Å². The lowest BCUT2D eigenvalue weighted by Gasteiger charge is -2.12. The largest absolute Gasteiger partial charge is 0.348 e. The number of aromatic nitrogens is 4. The Hall–Kier alpha value is -2.96. The second-order valence-electron chi connectivity index (χ2n) is 5.70. The number of benzene rings is 1. The number of aryl methyl sites for hydroxylation is 1. The molecule has 24 heavy (non-hydrogen) atoms. The Morgan fingerprint density at radius 2 is 1.96 bits per heavy atom. The molecule has 0 saturated carbocycles. The minimum Gasteiger partial charge on any atom is -0.348 e. The monoisotopic (exact) mass is 327 g/mol. The van der Waals surface area contributed by atoms with Gasteiger partial charge in [0.25, 0.3) is 0 Å². The first-order valence-electron chi connectivity index (χ1n) is 7.60. The third-order valence-corrected chi connectivity index (χ3v) is 3.64. The van der Waals surface area contributed by atoms with Crippen molar-refractivity contribution in [2.24, 2.45) is 0 Å². The molecule has 0 unspecified atom stereocenters. The predicted octanol–water partition coefficient (Wildman–Crippen LogP) is 2.39. The summed E-state index contributed by atoms with van der Waals surface area (Å²) in [6.45, 7) is 3.98. The molecule has 1 N–H and O–H groups in total. The zero-order chi connectivity index (χ0) is 17.1. The van der Waals surface area contributed by atoms with Crippen molar-refractivity contribution in [2.45, 2.75) is 26.4 Å². The van der Waals surface area contributed by atoms with Crippen molar-refractivity contribution in [1.29, 1.82) is 0 Å². The van der Waals surface area contributed by atoms with Crippen molar-refractivity contribution in [2.75, 3.05) is 0 Å². The maximum absolute atomic E-state index is 13.0. The minimum absolute atomic E-state index is 0.125. The highest BCUT2D eigenvalue weighted by Gasteiger charge is 2.13. The fraction of sp³-hybridized carbons (Fsp3) is 0.235. The Morgan fingerprint density at radius 1 is 1.21 bits per heavy atom. The molecule has 1 aromatic carbocycles. The molecule has 2 heterocycles. The molecule has 6 nitrogen and oxygen atoms in total. The maximum atomic E-state index is 13.0. The van der Waals surface area contributed by atoms with E-state index < -0.39 is 0 Å². The average Bonchev–Trinajstić information content (AvgIpc) is 3.17. The van der Waals surface area contributed by atoms with E-state index >= 15 is 0 Å². The number of nitrogens with zero attached hydrogens (tertiary/aromatic N) is 4. The van der Waals surface area contributed by atoms with Gasteiger partial charge in [-0.1, -0.05) is 0 Å². The Kier molecular flexibility index (Phi) is 4.41. The van der Waals surface area contributed by atoms with E-state index in [4.69, 9.17) is 0 Å². The van der Waals surface area contributed by atoms with Crippen LogP contribution in [0.3, 0.4) is 0 Å². The van der Waals surface area contributed by atoms with Crippen molar-refractivity contribution in [3.8, 4) is 5.69 Å². The molecule has 0 bridgehead atoms. The first kappa shape index (κ1) is 15.9. The fourth-order valence-corrected chi connectivity index (χ4v) is 2.37. The summed E-state index contributed by atoms with van der Waals surface area (Å²) in [6, 6.07) is 5.87. The van der Waals surface area contributed by atoms with E-state index in [-0.39, 0.29) is 24.3 Å². The second kappa shape index (κ2) is 6.66. The number of hydrogen-bond acceptors (Lipinski definition) is 3. The van der Waals surface area contributed by atoms with Crippen molar-refractivity contribution in [3.05, 3.63) is 66.0 Å². The summed E-state index contributed by atoms with van der Waals surface area (Å²) in [5.74, 6) is -0.416. The van der Waals surface area contributed by atoms with Crippen LogP contribution in [0.25, 0.3) is 5.69 Å². The summed E-state index contributed by atoms with van der Waals surface area (Å²) in [7, 11) is 0. The van der Waals surface area contributed by atoms with Crippen LogP contribution in [0.4, 0.5) is 4.39 Å². The first-order chi connectivity index (χ1) is 11.5. The number of nitrogens with one attached hydrogen (secondary N) is 1. The van der Waals surface area contributed by atoms with Gasteiger partial charge in [0.15, 0.2) is 0 Å². The number of hydrogen-bond donors (Lipinski definition) is 1. The summed E-state index contributed by atoms with van der Waals surface area (Å²) in [6.07, 6.45) is 7.03. The molecule has 3 rings (SSSR count). The predicted molar refractivity (Wildman–Crippen MR) is 87.0 cm³/mol. The van der Waals surface area contributed by atoms with Gasteiger partial charge in [0.05, 0.1) is 24.1 Å². The van der Waals surface area contributed by atoms with E-state index in [0.717, 1.165) is 16.8 Å². The van der Waals surface area contributed by atoms with Crippen LogP contribution < -0.4 is 5.32 Å². The highest BCUT2D eigenvalue weighted by molar-refractivity contribution is 5.76. The number of rotatable bonds is 5. The van der Waals surface area contributed by atoms with Crippen LogP contribution in [-0.4, -0.2) is 25.5 Å². The fourth-order valence-electron chi connectivity index (χ4n) is 2.37. The Morgan fingerprint density at radius 3 is 2.62 bits per heavy atom. The molecule has 1 atom stereocenters. The lowest BCUT2D eigenvalue weighted by atomic mass is 10.2. The maximum Gasteiger partial charge on any atom is 0.242 e. The van der Waals surface area contributed by atoms with Crippen LogP contribution in [0.1, 0.15) is 24.1 Å². The standard InChI is InChI=1S/C17H18FN5O/c1-12-7-19-22(9-12)11-17(24)21-13(2)14-8-20-23(10-14)16-5-3-15(18)4-6-16/h3-10,13H,11H2,1-2H3,(H,21,24)/t13-/m0/s1. The number of halogens is 1. The van der Waals surface area contributed by atoms with Gasteiger partial charge in [-0.2, -0.15) is 10.2 Å². The van der Waals surface area contributed by atoms with Crippen LogP contribution in [0.15, 0.2) is 49.1 Å². The molecule has 1 amide bonds. The zero-order valence-electron chi connectivity index (χ0n) is 13.5. The van der Waals surface area contributed by atoms with E-state index in [9.17, 15) is 9.18 Å². The molecule has 7 heteroatoms. The quantitative estimate of drug-likeness (QED) is 0.782. The molecule has 0 saturated heterocycles. The topological polar surface area (TPSA) is 64.7 Å². The van der Waals surface area contributed by atoms with Crippen molar-refractivity contribution >= 4 is 5.91 Å². The van der Waals surface area contributed by atoms with Gasteiger partial charge in [-0.05, 0) is 43.7 Å². The lowest BCUT2D eigenvalue weighted by molar-refractivity contribution is -0.122. The molecule has 0 aliphatic rings. The molecular weight excluding hydrogens is 309 g/mol. The van der Waals surface area contributed by atoms with Gasteiger partial charge in [0.1, 0.15) is 12.4 Å². The van der Waals surface area contributed by atoms with E-state index in [2.05, 4.69) is 15.5 Å². The minimum atomic E-state index is -0.291. The highest BCUT2D eigenvalue weighted by Crippen LogP contribution is 2.15. The van der Waals surface area contributed by atoms with Gasteiger partial charge in [-0.25, -0.2) is 9.07 Å². The number of amides is 1. The summed E-state index contributed by atoms with van der Waals surface area (Å²) < 4.78 is 16.2. The third-order valence-electron chi connectivity index (χ3n) is 3.64. The molecule has 0 fully saturated rings. The van der Waals surface area contributed by atoms with Gasteiger partial charge in [0.2, 0.25) is 5.91 Å². The van der Waals surface area contributed by atoms with Gasteiger partial charge in [0, 0.05) is 18.0 Å². The Balaban J connectivity index is 1.64. The molecule has 2 aromatic heterocycles. The molecule has 0 aliphatic carbocycles. The van der Waals surface area contributed by atoms with Gasteiger partial charge in [-0.15, -0.1) is 0 Å². The summed E-state index contributed by atoms with van der Waals surface area (Å²) in [5, 5.41) is 11.3. The molecule has 0 radical (unpaired) electrons. The zero-order valence-corrected chi connectivity index (χ0v) is 13.5. The van der Waals surface area contributed by atoms with E-state index in [1.807, 2.05) is 26.2 Å². The molecule has 0 spiro atoms. The summed E-state index contributed by atoms with van der Waals surface area (Å²) in [4.78, 5) is 12.1. The van der Waals surface area contributed by atoms with Crippen molar-refractivity contribution in [3.63, 3.8) is 0 Å².